The predicted molar refractivity (Wildman–Crippen MR) is 60.6 cm³/mol. The van der Waals surface area contributed by atoms with Crippen LogP contribution in [0.1, 0.15) is 22.5 Å². The number of allylic oxidation sites excluding steroid dienone is 2. The van der Waals surface area contributed by atoms with Gasteiger partial charge in [-0.05, 0) is 11.6 Å². The number of carbonyl (C=O) groups excluding carboxylic acids is 1. The summed E-state index contributed by atoms with van der Waals surface area (Å²) in [5.74, 6) is -0.149. The van der Waals surface area contributed by atoms with Gasteiger partial charge in [-0.2, -0.15) is 10.5 Å². The van der Waals surface area contributed by atoms with Crippen molar-refractivity contribution in [2.24, 2.45) is 0 Å². The molecule has 2 aromatic rings. The van der Waals surface area contributed by atoms with Crippen molar-refractivity contribution in [3.8, 4) is 12.1 Å². The van der Waals surface area contributed by atoms with Crippen LogP contribution >= 0.6 is 11.6 Å². The molecule has 0 spiro atoms. The van der Waals surface area contributed by atoms with Crippen LogP contribution in [0.25, 0.3) is 16.7 Å². The van der Waals surface area contributed by atoms with E-state index in [9.17, 15) is 4.79 Å². The molecule has 0 N–H and O–H groups in total. The molecule has 86 valence electrons. The van der Waals surface area contributed by atoms with E-state index in [0.717, 1.165) is 0 Å². The van der Waals surface area contributed by atoms with Gasteiger partial charge in [-0.25, -0.2) is 0 Å². The molecule has 2 heterocycles. The smallest absolute Gasteiger partial charge is 0.203 e. The summed E-state index contributed by atoms with van der Waals surface area (Å²) in [6.07, 6.45) is -0.0289. The lowest BCUT2D eigenvalue weighted by atomic mass is 10.1. The molecule has 5 nitrogen and oxygen atoms in total. The molecule has 0 saturated heterocycles. The fourth-order valence-corrected chi connectivity index (χ4v) is 2.21. The number of nitrogens with zero attached hydrogens (tertiary/aromatic N) is 2. The van der Waals surface area contributed by atoms with E-state index in [1.165, 1.54) is 6.07 Å². The predicted octanol–water partition coefficient (Wildman–Crippen LogP) is 3.07. The zero-order valence-electron chi connectivity index (χ0n) is 8.78. The van der Waals surface area contributed by atoms with Gasteiger partial charge in [0, 0.05) is 18.1 Å². The zero-order chi connectivity index (χ0) is 12.9. The van der Waals surface area contributed by atoms with Crippen molar-refractivity contribution in [2.75, 3.05) is 0 Å². The van der Waals surface area contributed by atoms with Crippen LogP contribution in [0.15, 0.2) is 20.5 Å². The number of rotatable bonds is 0. The molecule has 18 heavy (non-hydrogen) atoms. The lowest BCUT2D eigenvalue weighted by Crippen LogP contribution is -1.88. The minimum atomic E-state index is -0.273. The molecule has 0 unspecified atom stereocenters. The maximum atomic E-state index is 11.7. The molecular formula is C12H3ClN2O3. The topological polar surface area (TPSA) is 90.9 Å². The Hall–Kier alpha value is -2.50. The molecule has 0 amide bonds. The largest absolute Gasteiger partial charge is 0.449 e. The Labute approximate surface area is 105 Å². The average Bonchev–Trinajstić information content (AvgIpc) is 2.93. The summed E-state index contributed by atoms with van der Waals surface area (Å²) >= 11 is 5.70. The summed E-state index contributed by atoms with van der Waals surface area (Å²) < 4.78 is 10.6. The molecule has 0 fully saturated rings. The summed E-state index contributed by atoms with van der Waals surface area (Å²) in [5, 5.41) is 17.9. The summed E-state index contributed by atoms with van der Waals surface area (Å²) in [7, 11) is 0. The van der Waals surface area contributed by atoms with Crippen LogP contribution in [0.5, 0.6) is 0 Å². The fourth-order valence-electron chi connectivity index (χ4n) is 2.03. The SMILES string of the molecule is N#CC(C#N)=C1CC(=O)c2oc3cc(Cl)oc3c21. The Morgan fingerprint density at radius 3 is 2.72 bits per heavy atom. The minimum Gasteiger partial charge on any atom is -0.449 e. The van der Waals surface area contributed by atoms with Crippen LogP contribution in [0.3, 0.4) is 0 Å². The summed E-state index contributed by atoms with van der Waals surface area (Å²) in [6, 6.07) is 4.98. The van der Waals surface area contributed by atoms with Gasteiger partial charge in [-0.3, -0.25) is 4.79 Å². The van der Waals surface area contributed by atoms with E-state index in [4.69, 9.17) is 31.0 Å². The van der Waals surface area contributed by atoms with Gasteiger partial charge in [0.25, 0.3) is 0 Å². The van der Waals surface area contributed by atoms with Gasteiger partial charge in [0.2, 0.25) is 5.78 Å². The number of nitriles is 2. The first-order valence-corrected chi connectivity index (χ1v) is 5.32. The minimum absolute atomic E-state index is 0.0289. The van der Waals surface area contributed by atoms with Gasteiger partial charge in [0.1, 0.15) is 17.7 Å². The highest BCUT2D eigenvalue weighted by molar-refractivity contribution is 6.30. The number of hydrogen-bond acceptors (Lipinski definition) is 5. The van der Waals surface area contributed by atoms with E-state index in [-0.39, 0.29) is 28.8 Å². The van der Waals surface area contributed by atoms with Crippen molar-refractivity contribution in [2.45, 2.75) is 6.42 Å². The molecule has 3 rings (SSSR count). The highest BCUT2D eigenvalue weighted by atomic mass is 35.5. The standard InChI is InChI=1S/C12H3ClN2O3/c13-9-2-8-12(18-9)10-6(5(3-14)4-15)1-7(16)11(10)17-8/h2H,1H2. The quantitative estimate of drug-likeness (QED) is 0.677. The summed E-state index contributed by atoms with van der Waals surface area (Å²) in [6.45, 7) is 0. The van der Waals surface area contributed by atoms with Crippen LogP contribution in [0.4, 0.5) is 0 Å². The van der Waals surface area contributed by atoms with Crippen LogP contribution in [-0.2, 0) is 0 Å². The first-order chi connectivity index (χ1) is 8.65. The van der Waals surface area contributed by atoms with E-state index in [0.29, 0.717) is 22.3 Å². The van der Waals surface area contributed by atoms with Crippen molar-refractivity contribution in [3.63, 3.8) is 0 Å². The number of carbonyl (C=O) groups is 1. The molecule has 0 aliphatic heterocycles. The first-order valence-electron chi connectivity index (χ1n) is 4.94. The number of halogens is 1. The van der Waals surface area contributed by atoms with E-state index in [2.05, 4.69) is 0 Å². The Bertz CT molecular complexity index is 795. The van der Waals surface area contributed by atoms with E-state index < -0.39 is 0 Å². The van der Waals surface area contributed by atoms with Crippen LogP contribution in [-0.4, -0.2) is 5.78 Å². The Kier molecular flexibility index (Phi) is 2.07. The van der Waals surface area contributed by atoms with Crippen LogP contribution in [0.2, 0.25) is 5.22 Å². The maximum Gasteiger partial charge on any atom is 0.203 e. The van der Waals surface area contributed by atoms with Crippen molar-refractivity contribution in [1.82, 2.24) is 0 Å². The normalized spacial score (nSPS) is 13.5. The van der Waals surface area contributed by atoms with Gasteiger partial charge in [-0.15, -0.1) is 0 Å². The number of hydrogen-bond donors (Lipinski definition) is 0. The molecule has 6 heteroatoms. The third kappa shape index (κ3) is 1.22. The Morgan fingerprint density at radius 2 is 2.06 bits per heavy atom. The van der Waals surface area contributed by atoms with Crippen molar-refractivity contribution in [3.05, 3.63) is 28.2 Å². The molecule has 1 aliphatic rings. The number of fused-ring (bicyclic) bond motifs is 3. The summed E-state index contributed by atoms with van der Waals surface area (Å²) in [4.78, 5) is 11.7. The number of ketones is 1. The number of furan rings is 2. The summed E-state index contributed by atoms with van der Waals surface area (Å²) in [5.41, 5.74) is 1.24. The fraction of sp³-hybridized carbons (Fsp3) is 0.0833. The second-order valence-corrected chi connectivity index (χ2v) is 4.10. The molecule has 0 radical (unpaired) electrons. The average molecular weight is 259 g/mol. The second-order valence-electron chi connectivity index (χ2n) is 3.73. The number of Topliss-reactive ketones (excluding diaryl/α,β-unsaturated/α-hetero) is 1. The van der Waals surface area contributed by atoms with E-state index >= 15 is 0 Å². The Morgan fingerprint density at radius 1 is 1.33 bits per heavy atom. The molecule has 0 saturated carbocycles. The van der Waals surface area contributed by atoms with Gasteiger partial charge < -0.3 is 8.83 Å². The van der Waals surface area contributed by atoms with Gasteiger partial charge in [0.15, 0.2) is 22.1 Å². The third-order valence-corrected chi connectivity index (χ3v) is 2.94. The lowest BCUT2D eigenvalue weighted by Gasteiger charge is -1.93. The van der Waals surface area contributed by atoms with E-state index in [1.54, 1.807) is 12.1 Å². The van der Waals surface area contributed by atoms with Crippen molar-refractivity contribution < 1.29 is 13.6 Å². The Balaban J connectivity index is 2.42. The second kappa shape index (κ2) is 3.49. The van der Waals surface area contributed by atoms with E-state index in [1.807, 2.05) is 0 Å². The van der Waals surface area contributed by atoms with Crippen LogP contribution in [0, 0.1) is 22.7 Å². The van der Waals surface area contributed by atoms with Gasteiger partial charge in [0.05, 0.1) is 5.56 Å². The molecule has 0 atom stereocenters. The lowest BCUT2D eigenvalue weighted by molar-refractivity contribution is 0.0981. The molecule has 2 aromatic heterocycles. The molecule has 1 aliphatic carbocycles. The highest BCUT2D eigenvalue weighted by Gasteiger charge is 2.35. The van der Waals surface area contributed by atoms with Crippen molar-refractivity contribution in [1.29, 1.82) is 10.5 Å². The maximum absolute atomic E-state index is 11.7. The third-order valence-electron chi connectivity index (χ3n) is 2.75. The van der Waals surface area contributed by atoms with Gasteiger partial charge in [-0.1, -0.05) is 0 Å². The first kappa shape index (κ1) is 10.6. The molecular weight excluding hydrogens is 256 g/mol. The monoisotopic (exact) mass is 258 g/mol. The van der Waals surface area contributed by atoms with Crippen LogP contribution < -0.4 is 0 Å². The zero-order valence-corrected chi connectivity index (χ0v) is 9.54. The molecule has 0 bridgehead atoms. The highest BCUT2D eigenvalue weighted by Crippen LogP contribution is 2.43. The van der Waals surface area contributed by atoms with Crippen molar-refractivity contribution >= 4 is 34.1 Å². The molecule has 0 aromatic carbocycles. The van der Waals surface area contributed by atoms with Gasteiger partial charge >= 0.3 is 0 Å².